The number of amides is 1. The van der Waals surface area contributed by atoms with Crippen LogP contribution in [0.5, 0.6) is 0 Å². The number of rotatable bonds is 7. The van der Waals surface area contributed by atoms with E-state index in [-0.39, 0.29) is 5.91 Å². The van der Waals surface area contributed by atoms with Crippen molar-refractivity contribution in [3.63, 3.8) is 0 Å². The first kappa shape index (κ1) is 21.3. The van der Waals surface area contributed by atoms with E-state index in [1.807, 2.05) is 51.1 Å². The van der Waals surface area contributed by atoms with Crippen molar-refractivity contribution in [2.45, 2.75) is 38.6 Å². The van der Waals surface area contributed by atoms with Crippen LogP contribution in [-0.4, -0.2) is 32.4 Å². The zero-order chi connectivity index (χ0) is 20.2. The van der Waals surface area contributed by atoms with Gasteiger partial charge in [-0.3, -0.25) is 9.10 Å². The standard InChI is InChI=1S/C20H26N2O3S2/c1-6-26-19-10-8-7-9-18(19)21-20(23)16(4)22(27(5,24)25)17-12-14(2)11-15(3)13-17/h7-13,16H,6H2,1-5H3,(H,21,23)/t16-/m1/s1. The number of para-hydroxylation sites is 1. The first-order valence-corrected chi connectivity index (χ1v) is 11.6. The van der Waals surface area contributed by atoms with Crippen LogP contribution in [0.15, 0.2) is 47.4 Å². The molecule has 1 N–H and O–H groups in total. The van der Waals surface area contributed by atoms with Gasteiger partial charge in [-0.25, -0.2) is 8.42 Å². The Morgan fingerprint density at radius 1 is 1.15 bits per heavy atom. The molecule has 0 saturated carbocycles. The molecule has 0 radical (unpaired) electrons. The number of nitrogens with zero attached hydrogens (tertiary/aromatic N) is 1. The summed E-state index contributed by atoms with van der Waals surface area (Å²) in [5.41, 5.74) is 3.07. The molecule has 0 aliphatic carbocycles. The molecule has 1 amide bonds. The number of hydrogen-bond acceptors (Lipinski definition) is 4. The van der Waals surface area contributed by atoms with Crippen LogP contribution in [0.1, 0.15) is 25.0 Å². The molecular formula is C20H26N2O3S2. The lowest BCUT2D eigenvalue weighted by Gasteiger charge is -2.29. The van der Waals surface area contributed by atoms with Gasteiger partial charge in [-0.15, -0.1) is 11.8 Å². The monoisotopic (exact) mass is 406 g/mol. The van der Waals surface area contributed by atoms with Gasteiger partial charge in [0.25, 0.3) is 0 Å². The average molecular weight is 407 g/mol. The van der Waals surface area contributed by atoms with Crippen molar-refractivity contribution >= 4 is 39.1 Å². The van der Waals surface area contributed by atoms with Crippen molar-refractivity contribution in [2.75, 3.05) is 21.6 Å². The maximum atomic E-state index is 12.9. The second-order valence-electron chi connectivity index (χ2n) is 6.50. The maximum Gasteiger partial charge on any atom is 0.248 e. The maximum absolute atomic E-state index is 12.9. The highest BCUT2D eigenvalue weighted by Gasteiger charge is 2.29. The van der Waals surface area contributed by atoms with Crippen LogP contribution in [0.4, 0.5) is 11.4 Å². The summed E-state index contributed by atoms with van der Waals surface area (Å²) in [6.45, 7) is 7.45. The summed E-state index contributed by atoms with van der Waals surface area (Å²) in [4.78, 5) is 13.8. The zero-order valence-electron chi connectivity index (χ0n) is 16.3. The molecule has 27 heavy (non-hydrogen) atoms. The van der Waals surface area contributed by atoms with Crippen molar-refractivity contribution in [3.05, 3.63) is 53.6 Å². The number of hydrogen-bond donors (Lipinski definition) is 1. The summed E-state index contributed by atoms with van der Waals surface area (Å²) in [7, 11) is -3.64. The van der Waals surface area contributed by atoms with E-state index >= 15 is 0 Å². The average Bonchev–Trinajstić information content (AvgIpc) is 2.54. The minimum Gasteiger partial charge on any atom is -0.323 e. The van der Waals surface area contributed by atoms with Crippen LogP contribution in [0.25, 0.3) is 0 Å². The molecule has 7 heteroatoms. The van der Waals surface area contributed by atoms with Crippen LogP contribution in [0.3, 0.4) is 0 Å². The SMILES string of the molecule is CCSc1ccccc1NC(=O)[C@@H](C)N(c1cc(C)cc(C)c1)S(C)(=O)=O. The van der Waals surface area contributed by atoms with Crippen LogP contribution in [0.2, 0.25) is 0 Å². The molecule has 0 fully saturated rings. The van der Waals surface area contributed by atoms with Gasteiger partial charge >= 0.3 is 0 Å². The molecule has 0 aliphatic heterocycles. The third kappa shape index (κ3) is 5.49. The molecule has 0 aliphatic rings. The van der Waals surface area contributed by atoms with Crippen LogP contribution in [0, 0.1) is 13.8 Å². The van der Waals surface area contributed by atoms with Gasteiger partial charge in [0.15, 0.2) is 0 Å². The molecule has 2 rings (SSSR count). The molecule has 0 unspecified atom stereocenters. The molecule has 5 nitrogen and oxygen atoms in total. The Morgan fingerprint density at radius 3 is 2.30 bits per heavy atom. The smallest absolute Gasteiger partial charge is 0.248 e. The van der Waals surface area contributed by atoms with Gasteiger partial charge in [0.2, 0.25) is 15.9 Å². The number of aryl methyl sites for hydroxylation is 2. The zero-order valence-corrected chi connectivity index (χ0v) is 17.9. The van der Waals surface area contributed by atoms with Crippen LogP contribution < -0.4 is 9.62 Å². The summed E-state index contributed by atoms with van der Waals surface area (Å²) in [5.74, 6) is 0.504. The van der Waals surface area contributed by atoms with Gasteiger partial charge < -0.3 is 5.32 Å². The number of sulfonamides is 1. The minimum absolute atomic E-state index is 0.372. The summed E-state index contributed by atoms with van der Waals surface area (Å²) in [6.07, 6.45) is 1.12. The number of nitrogens with one attached hydrogen (secondary N) is 1. The quantitative estimate of drug-likeness (QED) is 0.700. The molecular weight excluding hydrogens is 380 g/mol. The second kappa shape index (κ2) is 8.80. The van der Waals surface area contributed by atoms with Gasteiger partial charge in [-0.1, -0.05) is 25.1 Å². The molecule has 0 bridgehead atoms. The highest BCUT2D eigenvalue weighted by atomic mass is 32.2. The molecule has 0 aromatic heterocycles. The van der Waals surface area contributed by atoms with Crippen LogP contribution in [-0.2, 0) is 14.8 Å². The largest absolute Gasteiger partial charge is 0.323 e. The van der Waals surface area contributed by atoms with E-state index in [9.17, 15) is 13.2 Å². The van der Waals surface area contributed by atoms with E-state index in [0.717, 1.165) is 28.0 Å². The molecule has 0 heterocycles. The predicted octanol–water partition coefficient (Wildman–Crippen LogP) is 4.21. The summed E-state index contributed by atoms with van der Waals surface area (Å²) in [6, 6.07) is 12.1. The minimum atomic E-state index is -3.64. The van der Waals surface area contributed by atoms with Gasteiger partial charge in [-0.05, 0) is 61.9 Å². The van der Waals surface area contributed by atoms with Gasteiger partial charge in [0.1, 0.15) is 6.04 Å². The topological polar surface area (TPSA) is 66.5 Å². The Kier molecular flexibility index (Phi) is 6.95. The van der Waals surface area contributed by atoms with Crippen LogP contribution >= 0.6 is 11.8 Å². The molecule has 2 aromatic carbocycles. The second-order valence-corrected chi connectivity index (χ2v) is 9.66. The molecule has 2 aromatic rings. The fraction of sp³-hybridized carbons (Fsp3) is 0.350. The van der Waals surface area contributed by atoms with Gasteiger partial charge in [0.05, 0.1) is 17.6 Å². The first-order valence-electron chi connectivity index (χ1n) is 8.74. The summed E-state index contributed by atoms with van der Waals surface area (Å²) >= 11 is 1.62. The Labute approximate surface area is 166 Å². The Morgan fingerprint density at radius 2 is 1.74 bits per heavy atom. The van der Waals surface area contributed by atoms with E-state index in [0.29, 0.717) is 11.4 Å². The Hall–Kier alpha value is -1.99. The van der Waals surface area contributed by atoms with E-state index in [1.54, 1.807) is 30.8 Å². The van der Waals surface area contributed by atoms with Gasteiger partial charge in [0, 0.05) is 4.90 Å². The van der Waals surface area contributed by atoms with E-state index < -0.39 is 16.1 Å². The number of carbonyl (C=O) groups excluding carboxylic acids is 1. The first-order chi connectivity index (χ1) is 12.6. The summed E-state index contributed by atoms with van der Waals surface area (Å²) in [5, 5.41) is 2.88. The molecule has 1 atom stereocenters. The lowest BCUT2D eigenvalue weighted by atomic mass is 10.1. The van der Waals surface area contributed by atoms with E-state index in [1.165, 1.54) is 4.31 Å². The number of carbonyl (C=O) groups is 1. The molecule has 146 valence electrons. The van der Waals surface area contributed by atoms with Crippen molar-refractivity contribution in [1.82, 2.24) is 0 Å². The highest BCUT2D eigenvalue weighted by Crippen LogP contribution is 2.28. The van der Waals surface area contributed by atoms with Crippen molar-refractivity contribution in [1.29, 1.82) is 0 Å². The van der Waals surface area contributed by atoms with E-state index in [2.05, 4.69) is 5.32 Å². The number of thioether (sulfide) groups is 1. The number of benzene rings is 2. The Balaban J connectivity index is 2.36. The molecule has 0 spiro atoms. The fourth-order valence-electron chi connectivity index (χ4n) is 2.98. The predicted molar refractivity (Wildman–Crippen MR) is 114 cm³/mol. The number of anilines is 2. The third-order valence-electron chi connectivity index (χ3n) is 3.99. The summed E-state index contributed by atoms with van der Waals surface area (Å²) < 4.78 is 26.1. The normalized spacial score (nSPS) is 12.5. The van der Waals surface area contributed by atoms with E-state index in [4.69, 9.17) is 0 Å². The van der Waals surface area contributed by atoms with Gasteiger partial charge in [-0.2, -0.15) is 0 Å². The van der Waals surface area contributed by atoms with Crippen molar-refractivity contribution in [3.8, 4) is 0 Å². The lowest BCUT2D eigenvalue weighted by Crippen LogP contribution is -2.45. The van der Waals surface area contributed by atoms with Crippen molar-refractivity contribution < 1.29 is 13.2 Å². The Bertz CT molecular complexity index is 906. The lowest BCUT2D eigenvalue weighted by molar-refractivity contribution is -0.116. The fourth-order valence-corrected chi connectivity index (χ4v) is 4.89. The third-order valence-corrected chi connectivity index (χ3v) is 6.19. The highest BCUT2D eigenvalue weighted by molar-refractivity contribution is 7.99. The van der Waals surface area contributed by atoms with Crippen molar-refractivity contribution in [2.24, 2.45) is 0 Å². The molecule has 0 saturated heterocycles.